The van der Waals surface area contributed by atoms with E-state index in [4.69, 9.17) is 9.15 Å². The molecule has 2 heterocycles. The molecule has 1 aromatic carbocycles. The molecule has 2 atom stereocenters. The summed E-state index contributed by atoms with van der Waals surface area (Å²) < 4.78 is 23.8. The van der Waals surface area contributed by atoms with Gasteiger partial charge in [-0.05, 0) is 25.0 Å². The molecule has 4 nitrogen and oxygen atoms in total. The monoisotopic (exact) mass is 236 g/mol. The van der Waals surface area contributed by atoms with Crippen molar-refractivity contribution in [3.05, 3.63) is 24.3 Å². The Bertz CT molecular complexity index is 481. The van der Waals surface area contributed by atoms with Gasteiger partial charge in [0.2, 0.25) is 6.36 Å². The molecule has 1 saturated heterocycles. The fourth-order valence-corrected chi connectivity index (χ4v) is 1.98. The Morgan fingerprint density at radius 2 is 2.24 bits per heavy atom. The van der Waals surface area contributed by atoms with Crippen molar-refractivity contribution in [1.82, 2.24) is 4.98 Å². The first-order chi connectivity index (χ1) is 8.33. The van der Waals surface area contributed by atoms with Gasteiger partial charge >= 0.3 is 0 Å². The van der Waals surface area contributed by atoms with Crippen LogP contribution in [-0.2, 0) is 4.74 Å². The third-order valence-electron chi connectivity index (χ3n) is 2.86. The summed E-state index contributed by atoms with van der Waals surface area (Å²) in [5.41, 5.74) is 1.46. The Morgan fingerprint density at radius 3 is 3.06 bits per heavy atom. The maximum Gasteiger partial charge on any atom is 0.296 e. The lowest BCUT2D eigenvalue weighted by Gasteiger charge is -2.25. The second kappa shape index (κ2) is 4.33. The summed E-state index contributed by atoms with van der Waals surface area (Å²) in [5, 5.41) is 2.94. The molecular formula is C12H13FN2O2. The highest BCUT2D eigenvalue weighted by Crippen LogP contribution is 2.23. The Labute approximate surface area is 97.8 Å². The standard InChI is InChI=1S/C12H13FN2O2/c13-11-9(5-3-7-16-11)15-12-14-8-4-1-2-6-10(8)17-12/h1-2,4,6,9,11H,3,5,7H2,(H,14,15). The molecule has 1 aliphatic heterocycles. The number of anilines is 1. The lowest BCUT2D eigenvalue weighted by Crippen LogP contribution is -2.36. The van der Waals surface area contributed by atoms with Crippen LogP contribution >= 0.6 is 0 Å². The van der Waals surface area contributed by atoms with Crippen LogP contribution in [0.5, 0.6) is 0 Å². The van der Waals surface area contributed by atoms with Crippen LogP contribution in [-0.4, -0.2) is 24.0 Å². The molecule has 1 aromatic heterocycles. The van der Waals surface area contributed by atoms with Gasteiger partial charge in [-0.15, -0.1) is 0 Å². The third-order valence-corrected chi connectivity index (χ3v) is 2.86. The number of fused-ring (bicyclic) bond motifs is 1. The zero-order valence-electron chi connectivity index (χ0n) is 9.23. The molecule has 1 aliphatic rings. The van der Waals surface area contributed by atoms with Gasteiger partial charge < -0.3 is 14.5 Å². The molecule has 0 amide bonds. The molecule has 0 radical (unpaired) electrons. The highest BCUT2D eigenvalue weighted by molar-refractivity contribution is 5.74. The molecule has 1 N–H and O–H groups in total. The van der Waals surface area contributed by atoms with Crippen LogP contribution in [0.25, 0.3) is 11.1 Å². The van der Waals surface area contributed by atoms with Crippen LogP contribution in [0.2, 0.25) is 0 Å². The van der Waals surface area contributed by atoms with E-state index in [9.17, 15) is 4.39 Å². The van der Waals surface area contributed by atoms with Crippen molar-refractivity contribution >= 4 is 17.1 Å². The number of benzene rings is 1. The minimum Gasteiger partial charge on any atom is -0.424 e. The van der Waals surface area contributed by atoms with E-state index in [1.165, 1.54) is 0 Å². The van der Waals surface area contributed by atoms with Crippen molar-refractivity contribution in [3.8, 4) is 0 Å². The molecule has 5 heteroatoms. The number of para-hydroxylation sites is 2. The molecule has 17 heavy (non-hydrogen) atoms. The normalized spacial score (nSPS) is 25.0. The van der Waals surface area contributed by atoms with E-state index >= 15 is 0 Å². The molecule has 2 aromatic rings. The van der Waals surface area contributed by atoms with Gasteiger partial charge in [0, 0.05) is 0 Å². The highest BCUT2D eigenvalue weighted by Gasteiger charge is 2.26. The van der Waals surface area contributed by atoms with Gasteiger partial charge in [0.05, 0.1) is 12.6 Å². The molecule has 0 spiro atoms. The molecule has 2 unspecified atom stereocenters. The average molecular weight is 236 g/mol. The summed E-state index contributed by atoms with van der Waals surface area (Å²) >= 11 is 0. The van der Waals surface area contributed by atoms with Crippen LogP contribution in [0, 0.1) is 0 Å². The number of nitrogens with zero attached hydrogens (tertiary/aromatic N) is 1. The summed E-state index contributed by atoms with van der Waals surface area (Å²) in [6.07, 6.45) is 0.275. The fraction of sp³-hybridized carbons (Fsp3) is 0.417. The first-order valence-electron chi connectivity index (χ1n) is 5.71. The second-order valence-electron chi connectivity index (χ2n) is 4.10. The molecule has 0 saturated carbocycles. The Balaban J connectivity index is 1.79. The molecule has 1 fully saturated rings. The number of rotatable bonds is 2. The van der Waals surface area contributed by atoms with Crippen molar-refractivity contribution in [1.29, 1.82) is 0 Å². The van der Waals surface area contributed by atoms with Crippen molar-refractivity contribution in [3.63, 3.8) is 0 Å². The van der Waals surface area contributed by atoms with Gasteiger partial charge in [0.1, 0.15) is 5.52 Å². The maximum atomic E-state index is 13.4. The predicted octanol–water partition coefficient (Wildman–Crippen LogP) is 2.71. The van der Waals surface area contributed by atoms with E-state index < -0.39 is 6.36 Å². The summed E-state index contributed by atoms with van der Waals surface area (Å²) in [4.78, 5) is 4.24. The molecule has 90 valence electrons. The summed E-state index contributed by atoms with van der Waals surface area (Å²) in [6.45, 7) is 0.479. The largest absolute Gasteiger partial charge is 0.424 e. The average Bonchev–Trinajstić information content (AvgIpc) is 2.74. The zero-order valence-corrected chi connectivity index (χ0v) is 9.23. The van der Waals surface area contributed by atoms with E-state index in [0.717, 1.165) is 18.4 Å². The fourth-order valence-electron chi connectivity index (χ4n) is 1.98. The van der Waals surface area contributed by atoms with Gasteiger partial charge in [-0.1, -0.05) is 12.1 Å². The summed E-state index contributed by atoms with van der Waals surface area (Å²) in [6, 6.07) is 7.42. The topological polar surface area (TPSA) is 47.3 Å². The summed E-state index contributed by atoms with van der Waals surface area (Å²) in [7, 11) is 0. The maximum absolute atomic E-state index is 13.4. The van der Waals surface area contributed by atoms with Gasteiger partial charge in [0.25, 0.3) is 6.01 Å². The van der Waals surface area contributed by atoms with Crippen LogP contribution in [0.4, 0.5) is 10.4 Å². The van der Waals surface area contributed by atoms with E-state index in [1.54, 1.807) is 0 Å². The van der Waals surface area contributed by atoms with E-state index in [2.05, 4.69) is 10.3 Å². The first kappa shape index (κ1) is 10.5. The van der Waals surface area contributed by atoms with Crippen molar-refractivity contribution in [2.45, 2.75) is 25.2 Å². The number of hydrogen-bond acceptors (Lipinski definition) is 4. The van der Waals surface area contributed by atoms with Gasteiger partial charge in [-0.3, -0.25) is 0 Å². The van der Waals surface area contributed by atoms with Crippen molar-refractivity contribution in [2.75, 3.05) is 11.9 Å². The molecule has 3 rings (SSSR count). The van der Waals surface area contributed by atoms with Crippen molar-refractivity contribution in [2.24, 2.45) is 0 Å². The van der Waals surface area contributed by atoms with E-state index in [-0.39, 0.29) is 6.04 Å². The Hall–Kier alpha value is -1.62. The minimum atomic E-state index is -1.29. The zero-order chi connectivity index (χ0) is 11.7. The Morgan fingerprint density at radius 1 is 1.35 bits per heavy atom. The molecule has 0 aliphatic carbocycles. The number of oxazole rings is 1. The quantitative estimate of drug-likeness (QED) is 0.870. The van der Waals surface area contributed by atoms with E-state index in [0.29, 0.717) is 18.2 Å². The van der Waals surface area contributed by atoms with Crippen molar-refractivity contribution < 1.29 is 13.5 Å². The van der Waals surface area contributed by atoms with Gasteiger partial charge in [0.15, 0.2) is 5.58 Å². The van der Waals surface area contributed by atoms with Crippen LogP contribution in [0.15, 0.2) is 28.7 Å². The number of nitrogens with one attached hydrogen (secondary N) is 1. The van der Waals surface area contributed by atoms with Crippen LogP contribution in [0.3, 0.4) is 0 Å². The molecule has 0 bridgehead atoms. The number of halogens is 1. The van der Waals surface area contributed by atoms with Crippen LogP contribution < -0.4 is 5.32 Å². The number of alkyl halides is 1. The minimum absolute atomic E-state index is 0.351. The third kappa shape index (κ3) is 2.10. The van der Waals surface area contributed by atoms with Crippen LogP contribution in [0.1, 0.15) is 12.8 Å². The smallest absolute Gasteiger partial charge is 0.296 e. The lowest BCUT2D eigenvalue weighted by molar-refractivity contribution is -0.0761. The number of hydrogen-bond donors (Lipinski definition) is 1. The SMILES string of the molecule is FC1OCCCC1Nc1nc2ccccc2o1. The predicted molar refractivity (Wildman–Crippen MR) is 61.5 cm³/mol. The lowest BCUT2D eigenvalue weighted by atomic mass is 10.1. The number of ether oxygens (including phenoxy) is 1. The molecular weight excluding hydrogens is 223 g/mol. The van der Waals surface area contributed by atoms with E-state index in [1.807, 2.05) is 24.3 Å². The van der Waals surface area contributed by atoms with Gasteiger partial charge in [-0.25, -0.2) is 4.39 Å². The summed E-state index contributed by atoms with van der Waals surface area (Å²) in [5.74, 6) is 0. The first-order valence-corrected chi connectivity index (χ1v) is 5.71. The Kier molecular flexibility index (Phi) is 2.68. The number of aromatic nitrogens is 1. The second-order valence-corrected chi connectivity index (χ2v) is 4.10. The van der Waals surface area contributed by atoms with Gasteiger partial charge in [-0.2, -0.15) is 4.98 Å². The highest BCUT2D eigenvalue weighted by atomic mass is 19.1.